The molecule has 3 rings (SSSR count). The van der Waals surface area contributed by atoms with Crippen molar-refractivity contribution in [1.82, 2.24) is 4.90 Å². The first kappa shape index (κ1) is 18.3. The minimum atomic E-state index is -3.13. The van der Waals surface area contributed by atoms with Gasteiger partial charge in [-0.25, -0.2) is 8.42 Å². The summed E-state index contributed by atoms with van der Waals surface area (Å²) in [6.07, 6.45) is 1.95. The Kier molecular flexibility index (Phi) is 5.22. The van der Waals surface area contributed by atoms with Crippen molar-refractivity contribution >= 4 is 15.7 Å². The second-order valence-corrected chi connectivity index (χ2v) is 8.37. The van der Waals surface area contributed by atoms with E-state index in [1.54, 1.807) is 35.2 Å². The zero-order chi connectivity index (χ0) is 18.7. The van der Waals surface area contributed by atoms with Crippen LogP contribution in [0.25, 0.3) is 0 Å². The molecule has 1 fully saturated rings. The van der Waals surface area contributed by atoms with Crippen LogP contribution in [0.2, 0.25) is 0 Å². The Morgan fingerprint density at radius 2 is 2.00 bits per heavy atom. The fraction of sp³-hybridized carbons (Fsp3) is 0.389. The van der Waals surface area contributed by atoms with E-state index in [-0.39, 0.29) is 30.0 Å². The molecule has 0 radical (unpaired) electrons. The summed E-state index contributed by atoms with van der Waals surface area (Å²) in [5, 5.41) is 0. The SMILES string of the molecule is COc1ccc(C(=O)N(Cc2ccco2)[C@@H]2CCS(=O)(=O)C2)cc1OC. The van der Waals surface area contributed by atoms with Crippen LogP contribution in [0.3, 0.4) is 0 Å². The zero-order valence-corrected chi connectivity index (χ0v) is 15.5. The first-order valence-corrected chi connectivity index (χ1v) is 10.0. The Morgan fingerprint density at radius 3 is 2.58 bits per heavy atom. The lowest BCUT2D eigenvalue weighted by Crippen LogP contribution is -2.40. The third-order valence-electron chi connectivity index (χ3n) is 4.45. The van der Waals surface area contributed by atoms with E-state index in [0.29, 0.717) is 29.2 Å². The van der Waals surface area contributed by atoms with Crippen molar-refractivity contribution in [3.63, 3.8) is 0 Å². The maximum Gasteiger partial charge on any atom is 0.254 e. The van der Waals surface area contributed by atoms with Crippen molar-refractivity contribution in [2.45, 2.75) is 19.0 Å². The van der Waals surface area contributed by atoms with Crippen LogP contribution in [0.15, 0.2) is 41.0 Å². The normalized spacial score (nSPS) is 18.5. The maximum atomic E-state index is 13.1. The number of rotatable bonds is 6. The highest BCUT2D eigenvalue weighted by atomic mass is 32.2. The van der Waals surface area contributed by atoms with E-state index >= 15 is 0 Å². The van der Waals surface area contributed by atoms with E-state index in [4.69, 9.17) is 13.9 Å². The highest BCUT2D eigenvalue weighted by molar-refractivity contribution is 7.91. The number of sulfone groups is 1. The minimum absolute atomic E-state index is 0.0350. The molecule has 2 aromatic rings. The number of methoxy groups -OCH3 is 2. The van der Waals surface area contributed by atoms with Gasteiger partial charge in [-0.1, -0.05) is 0 Å². The van der Waals surface area contributed by atoms with Crippen LogP contribution in [-0.2, 0) is 16.4 Å². The third-order valence-corrected chi connectivity index (χ3v) is 6.20. The average molecular weight is 379 g/mol. The molecular formula is C18H21NO6S. The maximum absolute atomic E-state index is 13.1. The molecule has 8 heteroatoms. The highest BCUT2D eigenvalue weighted by Crippen LogP contribution is 2.29. The van der Waals surface area contributed by atoms with Crippen molar-refractivity contribution in [3.05, 3.63) is 47.9 Å². The van der Waals surface area contributed by atoms with E-state index in [1.165, 1.54) is 20.5 Å². The average Bonchev–Trinajstić information content (AvgIpc) is 3.27. The van der Waals surface area contributed by atoms with Crippen molar-refractivity contribution in [1.29, 1.82) is 0 Å². The lowest BCUT2D eigenvalue weighted by Gasteiger charge is -2.27. The number of hydrogen-bond donors (Lipinski definition) is 0. The molecular weight excluding hydrogens is 358 g/mol. The lowest BCUT2D eigenvalue weighted by atomic mass is 10.1. The molecule has 0 bridgehead atoms. The van der Waals surface area contributed by atoms with Gasteiger partial charge < -0.3 is 18.8 Å². The molecule has 0 aliphatic carbocycles. The number of benzene rings is 1. The monoisotopic (exact) mass is 379 g/mol. The number of carbonyl (C=O) groups is 1. The minimum Gasteiger partial charge on any atom is -0.493 e. The number of carbonyl (C=O) groups excluding carboxylic acids is 1. The van der Waals surface area contributed by atoms with Gasteiger partial charge in [-0.15, -0.1) is 0 Å². The summed E-state index contributed by atoms with van der Waals surface area (Å²) in [5.74, 6) is 1.34. The molecule has 140 valence electrons. The molecule has 0 spiro atoms. The van der Waals surface area contributed by atoms with Gasteiger partial charge in [0.2, 0.25) is 0 Å². The van der Waals surface area contributed by atoms with Crippen LogP contribution in [-0.4, -0.2) is 51.0 Å². The number of furan rings is 1. The first-order valence-electron chi connectivity index (χ1n) is 8.19. The van der Waals surface area contributed by atoms with Crippen molar-refractivity contribution in [2.75, 3.05) is 25.7 Å². The van der Waals surface area contributed by atoms with Gasteiger partial charge in [0.15, 0.2) is 21.3 Å². The van der Waals surface area contributed by atoms with Gasteiger partial charge in [0.05, 0.1) is 38.5 Å². The Balaban J connectivity index is 1.91. The Morgan fingerprint density at radius 1 is 1.23 bits per heavy atom. The molecule has 0 unspecified atom stereocenters. The Hall–Kier alpha value is -2.48. The van der Waals surface area contributed by atoms with Crippen molar-refractivity contribution < 1.29 is 27.1 Å². The van der Waals surface area contributed by atoms with Crippen LogP contribution < -0.4 is 9.47 Å². The fourth-order valence-electron chi connectivity index (χ4n) is 3.09. The van der Waals surface area contributed by atoms with E-state index in [0.717, 1.165) is 0 Å². The van der Waals surface area contributed by atoms with E-state index < -0.39 is 9.84 Å². The van der Waals surface area contributed by atoms with Gasteiger partial charge in [0.1, 0.15) is 5.76 Å². The van der Waals surface area contributed by atoms with E-state index in [2.05, 4.69) is 0 Å². The number of amides is 1. The summed E-state index contributed by atoms with van der Waals surface area (Å²) in [5.41, 5.74) is 0.401. The lowest BCUT2D eigenvalue weighted by molar-refractivity contribution is 0.0665. The second kappa shape index (κ2) is 7.41. The van der Waals surface area contributed by atoms with E-state index in [9.17, 15) is 13.2 Å². The predicted molar refractivity (Wildman–Crippen MR) is 95.2 cm³/mol. The molecule has 26 heavy (non-hydrogen) atoms. The predicted octanol–water partition coefficient (Wildman–Crippen LogP) is 2.13. The Labute approximate surface area is 152 Å². The largest absolute Gasteiger partial charge is 0.493 e. The van der Waals surface area contributed by atoms with Gasteiger partial charge in [0.25, 0.3) is 5.91 Å². The molecule has 1 saturated heterocycles. The summed E-state index contributed by atoms with van der Waals surface area (Å²) < 4.78 is 39.6. The number of hydrogen-bond acceptors (Lipinski definition) is 6. The third kappa shape index (κ3) is 3.85. The van der Waals surface area contributed by atoms with Crippen LogP contribution in [0.4, 0.5) is 0 Å². The molecule has 0 N–H and O–H groups in total. The van der Waals surface area contributed by atoms with Crippen molar-refractivity contribution in [2.24, 2.45) is 0 Å². The number of nitrogens with zero attached hydrogens (tertiary/aromatic N) is 1. The standard InChI is InChI=1S/C18H21NO6S/c1-23-16-6-5-13(10-17(16)24-2)18(20)19(11-15-4-3-8-25-15)14-7-9-26(21,22)12-14/h3-6,8,10,14H,7,9,11-12H2,1-2H3/t14-/m1/s1. The van der Waals surface area contributed by atoms with E-state index in [1.807, 2.05) is 0 Å². The fourth-order valence-corrected chi connectivity index (χ4v) is 4.82. The highest BCUT2D eigenvalue weighted by Gasteiger charge is 2.35. The molecule has 1 aliphatic heterocycles. The molecule has 1 aromatic carbocycles. The molecule has 7 nitrogen and oxygen atoms in total. The Bertz CT molecular complexity index is 875. The quantitative estimate of drug-likeness (QED) is 0.764. The van der Waals surface area contributed by atoms with Crippen molar-refractivity contribution in [3.8, 4) is 11.5 Å². The molecule has 1 atom stereocenters. The summed E-state index contributed by atoms with van der Waals surface area (Å²) in [7, 11) is -0.112. The van der Waals surface area contributed by atoms with Crippen LogP contribution in [0.1, 0.15) is 22.5 Å². The summed E-state index contributed by atoms with van der Waals surface area (Å²) in [4.78, 5) is 14.7. The number of ether oxygens (including phenoxy) is 2. The first-order chi connectivity index (χ1) is 12.4. The molecule has 1 aromatic heterocycles. The second-order valence-electron chi connectivity index (χ2n) is 6.14. The van der Waals surface area contributed by atoms with Gasteiger partial charge in [-0.05, 0) is 36.8 Å². The topological polar surface area (TPSA) is 86.0 Å². The summed E-state index contributed by atoms with van der Waals surface area (Å²) >= 11 is 0. The van der Waals surface area contributed by atoms with Gasteiger partial charge >= 0.3 is 0 Å². The van der Waals surface area contributed by atoms with Crippen LogP contribution in [0.5, 0.6) is 11.5 Å². The summed E-state index contributed by atoms with van der Waals surface area (Å²) in [6, 6.07) is 8.01. The molecule has 0 saturated carbocycles. The van der Waals surface area contributed by atoms with Crippen LogP contribution in [0, 0.1) is 0 Å². The van der Waals surface area contributed by atoms with Gasteiger partial charge in [-0.2, -0.15) is 0 Å². The van der Waals surface area contributed by atoms with Crippen LogP contribution >= 0.6 is 0 Å². The molecule has 2 heterocycles. The van der Waals surface area contributed by atoms with Gasteiger partial charge in [-0.3, -0.25) is 4.79 Å². The molecule has 1 aliphatic rings. The zero-order valence-electron chi connectivity index (χ0n) is 14.7. The summed E-state index contributed by atoms with van der Waals surface area (Å²) in [6.45, 7) is 0.209. The molecule has 1 amide bonds. The smallest absolute Gasteiger partial charge is 0.254 e. The van der Waals surface area contributed by atoms with Gasteiger partial charge in [0, 0.05) is 11.6 Å².